The number of hydrogen-bond donors (Lipinski definition) is 1. The van der Waals surface area contributed by atoms with Gasteiger partial charge in [-0.3, -0.25) is 0 Å². The minimum absolute atomic E-state index is 0.0956. The lowest BCUT2D eigenvalue weighted by Gasteiger charge is -2.23. The predicted molar refractivity (Wildman–Crippen MR) is 82.2 cm³/mol. The van der Waals surface area contributed by atoms with Crippen LogP contribution in [0, 0.1) is 0 Å². The maximum Gasteiger partial charge on any atom is 0.0429 e. The van der Waals surface area contributed by atoms with E-state index in [1.807, 2.05) is 6.92 Å². The summed E-state index contributed by atoms with van der Waals surface area (Å²) in [6, 6.07) is 19.2. The SMILES string of the molecule is CCN(Cc1ccccc1)c1ccc(C(C)N)cc1. The summed E-state index contributed by atoms with van der Waals surface area (Å²) < 4.78 is 0. The Labute approximate surface area is 115 Å². The van der Waals surface area contributed by atoms with Gasteiger partial charge in [-0.25, -0.2) is 0 Å². The predicted octanol–water partition coefficient (Wildman–Crippen LogP) is 3.73. The summed E-state index contributed by atoms with van der Waals surface area (Å²) in [6.45, 7) is 6.13. The Kier molecular flexibility index (Phi) is 4.58. The Bertz CT molecular complexity index is 488. The Hall–Kier alpha value is -1.80. The standard InChI is InChI=1S/C17H22N2/c1-3-19(13-15-7-5-4-6-8-15)17-11-9-16(10-12-17)14(2)18/h4-12,14H,3,13,18H2,1-2H3. The van der Waals surface area contributed by atoms with Crippen molar-refractivity contribution >= 4 is 5.69 Å². The molecule has 2 aromatic rings. The molecular weight excluding hydrogens is 232 g/mol. The van der Waals surface area contributed by atoms with Crippen LogP contribution in [0.5, 0.6) is 0 Å². The summed E-state index contributed by atoms with van der Waals surface area (Å²) in [4.78, 5) is 2.36. The average molecular weight is 254 g/mol. The molecule has 0 aliphatic heterocycles. The fraction of sp³-hybridized carbons (Fsp3) is 0.294. The van der Waals surface area contributed by atoms with Crippen molar-refractivity contribution in [1.82, 2.24) is 0 Å². The van der Waals surface area contributed by atoms with Crippen LogP contribution < -0.4 is 10.6 Å². The summed E-state index contributed by atoms with van der Waals surface area (Å²) in [7, 11) is 0. The Morgan fingerprint density at radius 3 is 2.16 bits per heavy atom. The van der Waals surface area contributed by atoms with Gasteiger partial charge in [0.1, 0.15) is 0 Å². The normalized spacial score (nSPS) is 12.2. The third kappa shape index (κ3) is 3.58. The number of hydrogen-bond acceptors (Lipinski definition) is 2. The number of anilines is 1. The molecule has 100 valence electrons. The number of nitrogens with two attached hydrogens (primary N) is 1. The topological polar surface area (TPSA) is 29.3 Å². The van der Waals surface area contributed by atoms with Gasteiger partial charge in [-0.1, -0.05) is 42.5 Å². The van der Waals surface area contributed by atoms with Crippen LogP contribution in [0.15, 0.2) is 54.6 Å². The Morgan fingerprint density at radius 2 is 1.63 bits per heavy atom. The molecule has 0 amide bonds. The average Bonchev–Trinajstić information content (AvgIpc) is 2.46. The maximum atomic E-state index is 5.88. The highest BCUT2D eigenvalue weighted by Crippen LogP contribution is 2.20. The summed E-state index contributed by atoms with van der Waals surface area (Å²) in [5.41, 5.74) is 9.64. The van der Waals surface area contributed by atoms with Crippen LogP contribution in [0.25, 0.3) is 0 Å². The van der Waals surface area contributed by atoms with Crippen molar-refractivity contribution in [3.8, 4) is 0 Å². The van der Waals surface area contributed by atoms with Gasteiger partial charge in [0.15, 0.2) is 0 Å². The van der Waals surface area contributed by atoms with Gasteiger partial charge in [-0.15, -0.1) is 0 Å². The van der Waals surface area contributed by atoms with Crippen LogP contribution in [-0.4, -0.2) is 6.54 Å². The molecule has 0 aromatic heterocycles. The summed E-state index contributed by atoms with van der Waals surface area (Å²) >= 11 is 0. The van der Waals surface area contributed by atoms with Gasteiger partial charge >= 0.3 is 0 Å². The van der Waals surface area contributed by atoms with Crippen molar-refractivity contribution in [1.29, 1.82) is 0 Å². The monoisotopic (exact) mass is 254 g/mol. The molecule has 0 bridgehead atoms. The second-order valence-electron chi connectivity index (χ2n) is 4.88. The molecular formula is C17H22N2. The van der Waals surface area contributed by atoms with Crippen LogP contribution in [0.4, 0.5) is 5.69 Å². The lowest BCUT2D eigenvalue weighted by atomic mass is 10.1. The van der Waals surface area contributed by atoms with Crippen molar-refractivity contribution in [2.24, 2.45) is 5.73 Å². The molecule has 1 unspecified atom stereocenters. The van der Waals surface area contributed by atoms with Gasteiger partial charge in [0.25, 0.3) is 0 Å². The first-order chi connectivity index (χ1) is 9.20. The molecule has 2 rings (SSSR count). The molecule has 2 heteroatoms. The number of rotatable bonds is 5. The third-order valence-electron chi connectivity index (χ3n) is 3.38. The molecule has 2 aromatic carbocycles. The molecule has 0 heterocycles. The van der Waals surface area contributed by atoms with E-state index in [0.717, 1.165) is 13.1 Å². The quantitative estimate of drug-likeness (QED) is 0.881. The van der Waals surface area contributed by atoms with Crippen molar-refractivity contribution in [3.63, 3.8) is 0 Å². The fourth-order valence-electron chi connectivity index (χ4n) is 2.18. The van der Waals surface area contributed by atoms with Gasteiger partial charge in [0.2, 0.25) is 0 Å². The van der Waals surface area contributed by atoms with Gasteiger partial charge in [0, 0.05) is 24.8 Å². The van der Waals surface area contributed by atoms with Gasteiger partial charge in [-0.2, -0.15) is 0 Å². The molecule has 1 atom stereocenters. The molecule has 0 aliphatic rings. The van der Waals surface area contributed by atoms with E-state index in [-0.39, 0.29) is 6.04 Å². The first-order valence-corrected chi connectivity index (χ1v) is 6.85. The van der Waals surface area contributed by atoms with Crippen molar-refractivity contribution < 1.29 is 0 Å². The molecule has 2 N–H and O–H groups in total. The van der Waals surface area contributed by atoms with E-state index in [1.54, 1.807) is 0 Å². The van der Waals surface area contributed by atoms with E-state index in [0.29, 0.717) is 0 Å². The molecule has 0 fully saturated rings. The van der Waals surface area contributed by atoms with E-state index in [9.17, 15) is 0 Å². The largest absolute Gasteiger partial charge is 0.367 e. The number of benzene rings is 2. The van der Waals surface area contributed by atoms with Crippen LogP contribution in [0.2, 0.25) is 0 Å². The second-order valence-corrected chi connectivity index (χ2v) is 4.88. The van der Waals surface area contributed by atoms with Gasteiger partial charge in [0.05, 0.1) is 0 Å². The van der Waals surface area contributed by atoms with Crippen LogP contribution >= 0.6 is 0 Å². The second kappa shape index (κ2) is 6.39. The smallest absolute Gasteiger partial charge is 0.0429 e. The van der Waals surface area contributed by atoms with E-state index in [4.69, 9.17) is 5.73 Å². The van der Waals surface area contributed by atoms with Gasteiger partial charge in [-0.05, 0) is 37.1 Å². The summed E-state index contributed by atoms with van der Waals surface area (Å²) in [5.74, 6) is 0. The van der Waals surface area contributed by atoms with Crippen LogP contribution in [-0.2, 0) is 6.54 Å². The van der Waals surface area contributed by atoms with Crippen LogP contribution in [0.1, 0.15) is 31.0 Å². The fourth-order valence-corrected chi connectivity index (χ4v) is 2.18. The van der Waals surface area contributed by atoms with E-state index < -0.39 is 0 Å². The highest BCUT2D eigenvalue weighted by Gasteiger charge is 2.06. The number of nitrogens with zero attached hydrogens (tertiary/aromatic N) is 1. The highest BCUT2D eigenvalue weighted by molar-refractivity contribution is 5.48. The molecule has 0 saturated heterocycles. The summed E-state index contributed by atoms with van der Waals surface area (Å²) in [5, 5.41) is 0. The minimum Gasteiger partial charge on any atom is -0.367 e. The maximum absolute atomic E-state index is 5.88. The van der Waals surface area contributed by atoms with Crippen molar-refractivity contribution in [2.45, 2.75) is 26.4 Å². The first-order valence-electron chi connectivity index (χ1n) is 6.85. The minimum atomic E-state index is 0.0956. The first kappa shape index (κ1) is 13.6. The lowest BCUT2D eigenvalue weighted by Crippen LogP contribution is -2.22. The van der Waals surface area contributed by atoms with Gasteiger partial charge < -0.3 is 10.6 Å². The third-order valence-corrected chi connectivity index (χ3v) is 3.38. The zero-order valence-electron chi connectivity index (χ0n) is 11.7. The zero-order valence-corrected chi connectivity index (χ0v) is 11.7. The molecule has 0 saturated carbocycles. The van der Waals surface area contributed by atoms with E-state index in [2.05, 4.69) is 66.4 Å². The lowest BCUT2D eigenvalue weighted by molar-refractivity contribution is 0.810. The van der Waals surface area contributed by atoms with Crippen LogP contribution in [0.3, 0.4) is 0 Å². The zero-order chi connectivity index (χ0) is 13.7. The highest BCUT2D eigenvalue weighted by atomic mass is 15.1. The molecule has 2 nitrogen and oxygen atoms in total. The van der Waals surface area contributed by atoms with Crippen molar-refractivity contribution in [3.05, 3.63) is 65.7 Å². The van der Waals surface area contributed by atoms with E-state index >= 15 is 0 Å². The van der Waals surface area contributed by atoms with Crippen molar-refractivity contribution in [2.75, 3.05) is 11.4 Å². The molecule has 19 heavy (non-hydrogen) atoms. The molecule has 0 aliphatic carbocycles. The molecule has 0 radical (unpaired) electrons. The Morgan fingerprint density at radius 1 is 1.00 bits per heavy atom. The molecule has 0 spiro atoms. The van der Waals surface area contributed by atoms with E-state index in [1.165, 1.54) is 16.8 Å². The summed E-state index contributed by atoms with van der Waals surface area (Å²) in [6.07, 6.45) is 0. The Balaban J connectivity index is 2.13.